The maximum absolute atomic E-state index is 13.6. The van der Waals surface area contributed by atoms with E-state index in [0.29, 0.717) is 10.9 Å². The number of hydrogen-bond donors (Lipinski definition) is 1. The van der Waals surface area contributed by atoms with Crippen LogP contribution in [0.1, 0.15) is 43.7 Å². The Morgan fingerprint density at radius 1 is 1.45 bits per heavy atom. The van der Waals surface area contributed by atoms with Crippen LogP contribution in [0.3, 0.4) is 0 Å². The van der Waals surface area contributed by atoms with Crippen molar-refractivity contribution < 1.29 is 14.3 Å². The molecular formula is C15H19BrFNO2. The second-order valence-electron chi connectivity index (χ2n) is 5.22. The van der Waals surface area contributed by atoms with Crippen LogP contribution in [0.15, 0.2) is 22.7 Å². The van der Waals surface area contributed by atoms with Crippen molar-refractivity contribution in [2.24, 2.45) is 0 Å². The van der Waals surface area contributed by atoms with Crippen LogP contribution in [0.2, 0.25) is 0 Å². The number of hydrogen-bond acceptors (Lipinski definition) is 2. The Morgan fingerprint density at radius 3 is 2.95 bits per heavy atom. The highest BCUT2D eigenvalue weighted by Gasteiger charge is 2.25. The fourth-order valence-corrected chi connectivity index (χ4v) is 3.03. The summed E-state index contributed by atoms with van der Waals surface area (Å²) in [5.74, 6) is -0.960. The van der Waals surface area contributed by atoms with E-state index in [1.54, 1.807) is 12.1 Å². The number of likely N-dealkylation sites (tertiary alicyclic amines) is 1. The van der Waals surface area contributed by atoms with Gasteiger partial charge >= 0.3 is 5.97 Å². The highest BCUT2D eigenvalue weighted by atomic mass is 79.9. The molecule has 0 saturated carbocycles. The summed E-state index contributed by atoms with van der Waals surface area (Å²) >= 11 is 3.17. The standard InChI is InChI=1S/C15H19BrFNO2/c16-12-7-6-11(10-13(12)17)14-4-3-9-18(14)8-2-1-5-15(19)20/h6-7,10,14H,1-5,8-9H2,(H,19,20). The highest BCUT2D eigenvalue weighted by molar-refractivity contribution is 9.10. The lowest BCUT2D eigenvalue weighted by atomic mass is 10.0. The van der Waals surface area contributed by atoms with Crippen molar-refractivity contribution in [1.29, 1.82) is 0 Å². The van der Waals surface area contributed by atoms with Gasteiger partial charge in [0.1, 0.15) is 5.82 Å². The second-order valence-corrected chi connectivity index (χ2v) is 6.07. The van der Waals surface area contributed by atoms with E-state index in [2.05, 4.69) is 20.8 Å². The average Bonchev–Trinajstić information content (AvgIpc) is 2.86. The van der Waals surface area contributed by atoms with Crippen molar-refractivity contribution in [2.75, 3.05) is 13.1 Å². The number of benzene rings is 1. The molecule has 1 N–H and O–H groups in total. The average molecular weight is 344 g/mol. The molecule has 1 unspecified atom stereocenters. The lowest BCUT2D eigenvalue weighted by Crippen LogP contribution is -2.24. The van der Waals surface area contributed by atoms with Gasteiger partial charge in [0.05, 0.1) is 4.47 Å². The largest absolute Gasteiger partial charge is 0.481 e. The number of halogens is 2. The van der Waals surface area contributed by atoms with Gasteiger partial charge in [-0.15, -0.1) is 0 Å². The molecule has 1 atom stereocenters. The molecule has 3 nitrogen and oxygen atoms in total. The second kappa shape index (κ2) is 7.18. The first kappa shape index (κ1) is 15.4. The molecule has 1 heterocycles. The van der Waals surface area contributed by atoms with Gasteiger partial charge in [0, 0.05) is 12.5 Å². The van der Waals surface area contributed by atoms with E-state index in [0.717, 1.165) is 37.9 Å². The molecule has 2 rings (SSSR count). The Hall–Kier alpha value is -0.940. The summed E-state index contributed by atoms with van der Waals surface area (Å²) in [4.78, 5) is 12.8. The van der Waals surface area contributed by atoms with E-state index in [-0.39, 0.29) is 18.3 Å². The molecule has 1 aliphatic heterocycles. The fourth-order valence-electron chi connectivity index (χ4n) is 2.78. The number of carboxylic acids is 1. The Labute approximate surface area is 126 Å². The van der Waals surface area contributed by atoms with Crippen molar-refractivity contribution in [3.05, 3.63) is 34.1 Å². The first-order valence-electron chi connectivity index (χ1n) is 6.98. The summed E-state index contributed by atoms with van der Waals surface area (Å²) in [6, 6.07) is 5.59. The molecule has 0 aliphatic carbocycles. The van der Waals surface area contributed by atoms with Crippen molar-refractivity contribution in [2.45, 2.75) is 38.1 Å². The van der Waals surface area contributed by atoms with Crippen LogP contribution in [-0.2, 0) is 4.79 Å². The highest BCUT2D eigenvalue weighted by Crippen LogP contribution is 2.33. The van der Waals surface area contributed by atoms with Crippen LogP contribution in [0.25, 0.3) is 0 Å². The van der Waals surface area contributed by atoms with E-state index < -0.39 is 5.97 Å². The number of carbonyl (C=O) groups is 1. The quantitative estimate of drug-likeness (QED) is 0.794. The molecule has 1 fully saturated rings. The monoisotopic (exact) mass is 343 g/mol. The summed E-state index contributed by atoms with van der Waals surface area (Å²) < 4.78 is 14.1. The number of carboxylic acid groups (broad SMARTS) is 1. The number of aliphatic carboxylic acids is 1. The minimum Gasteiger partial charge on any atom is -0.481 e. The first-order valence-corrected chi connectivity index (χ1v) is 7.78. The Kier molecular flexibility index (Phi) is 5.54. The molecule has 1 aromatic carbocycles. The zero-order valence-electron chi connectivity index (χ0n) is 11.3. The van der Waals surface area contributed by atoms with Gasteiger partial charge in [0.15, 0.2) is 0 Å². The van der Waals surface area contributed by atoms with Gasteiger partial charge in [0.2, 0.25) is 0 Å². The van der Waals surface area contributed by atoms with E-state index in [4.69, 9.17) is 5.11 Å². The van der Waals surface area contributed by atoms with Crippen LogP contribution >= 0.6 is 15.9 Å². The molecule has 110 valence electrons. The molecule has 1 aromatic rings. The summed E-state index contributed by atoms with van der Waals surface area (Å²) in [5.41, 5.74) is 1.02. The third kappa shape index (κ3) is 4.03. The predicted octanol–water partition coefficient (Wildman–Crippen LogP) is 3.98. The van der Waals surface area contributed by atoms with Gasteiger partial charge in [0.25, 0.3) is 0 Å². The fraction of sp³-hybridized carbons (Fsp3) is 0.533. The lowest BCUT2D eigenvalue weighted by Gasteiger charge is -2.24. The van der Waals surface area contributed by atoms with E-state index in [1.165, 1.54) is 0 Å². The van der Waals surface area contributed by atoms with Crippen LogP contribution in [0, 0.1) is 5.82 Å². The Bertz CT molecular complexity index is 481. The topological polar surface area (TPSA) is 40.5 Å². The summed E-state index contributed by atoms with van der Waals surface area (Å²) in [6.45, 7) is 1.89. The van der Waals surface area contributed by atoms with Crippen molar-refractivity contribution in [3.8, 4) is 0 Å². The smallest absolute Gasteiger partial charge is 0.303 e. The molecule has 0 aromatic heterocycles. The minimum absolute atomic E-state index is 0.222. The molecule has 1 saturated heterocycles. The van der Waals surface area contributed by atoms with Gasteiger partial charge in [-0.05, 0) is 72.4 Å². The SMILES string of the molecule is O=C(O)CCCCN1CCCC1c1ccc(Br)c(F)c1. The molecule has 20 heavy (non-hydrogen) atoms. The first-order chi connectivity index (χ1) is 9.58. The van der Waals surface area contributed by atoms with Crippen molar-refractivity contribution in [1.82, 2.24) is 4.90 Å². The molecule has 0 amide bonds. The third-order valence-electron chi connectivity index (χ3n) is 3.78. The molecule has 5 heteroatoms. The molecule has 0 bridgehead atoms. The van der Waals surface area contributed by atoms with Crippen LogP contribution in [0.4, 0.5) is 4.39 Å². The molecule has 0 radical (unpaired) electrons. The van der Waals surface area contributed by atoms with Crippen LogP contribution in [-0.4, -0.2) is 29.1 Å². The van der Waals surface area contributed by atoms with Gasteiger partial charge in [-0.2, -0.15) is 0 Å². The maximum atomic E-state index is 13.6. The normalized spacial score (nSPS) is 19.4. The van der Waals surface area contributed by atoms with Crippen LogP contribution in [0.5, 0.6) is 0 Å². The number of unbranched alkanes of at least 4 members (excludes halogenated alkanes) is 1. The van der Waals surface area contributed by atoms with Crippen LogP contribution < -0.4 is 0 Å². The minimum atomic E-state index is -0.738. The van der Waals surface area contributed by atoms with E-state index in [1.807, 2.05) is 6.07 Å². The van der Waals surface area contributed by atoms with Gasteiger partial charge in [-0.25, -0.2) is 4.39 Å². The van der Waals surface area contributed by atoms with Crippen molar-refractivity contribution >= 4 is 21.9 Å². The summed E-state index contributed by atoms with van der Waals surface area (Å²) in [6.07, 6.45) is 3.96. The van der Waals surface area contributed by atoms with Crippen molar-refractivity contribution in [3.63, 3.8) is 0 Å². The summed E-state index contributed by atoms with van der Waals surface area (Å²) in [5, 5.41) is 8.63. The van der Waals surface area contributed by atoms with Gasteiger partial charge < -0.3 is 5.11 Å². The molecular weight excluding hydrogens is 325 g/mol. The molecule has 0 spiro atoms. The number of nitrogens with zero attached hydrogens (tertiary/aromatic N) is 1. The zero-order valence-corrected chi connectivity index (χ0v) is 12.9. The zero-order chi connectivity index (χ0) is 14.5. The summed E-state index contributed by atoms with van der Waals surface area (Å²) in [7, 11) is 0. The lowest BCUT2D eigenvalue weighted by molar-refractivity contribution is -0.137. The van der Waals surface area contributed by atoms with Gasteiger partial charge in [-0.1, -0.05) is 6.07 Å². The maximum Gasteiger partial charge on any atom is 0.303 e. The predicted molar refractivity (Wildman–Crippen MR) is 79.1 cm³/mol. The Morgan fingerprint density at radius 2 is 2.25 bits per heavy atom. The van der Waals surface area contributed by atoms with E-state index in [9.17, 15) is 9.18 Å². The van der Waals surface area contributed by atoms with Gasteiger partial charge in [-0.3, -0.25) is 9.69 Å². The van der Waals surface area contributed by atoms with E-state index >= 15 is 0 Å². The number of rotatable bonds is 6. The Balaban J connectivity index is 1.92. The molecule has 1 aliphatic rings. The third-order valence-corrected chi connectivity index (χ3v) is 4.42.